The molecule has 0 amide bonds. The monoisotopic (exact) mass is 494 g/mol. The average molecular weight is 495 g/mol. The Morgan fingerprint density at radius 3 is 2.65 bits per heavy atom. The normalized spacial score (nSPS) is 15.6. The first-order chi connectivity index (χ1) is 14.9. The fourth-order valence-corrected chi connectivity index (χ4v) is 3.51. The van der Waals surface area contributed by atoms with Gasteiger partial charge in [-0.3, -0.25) is 0 Å². The van der Waals surface area contributed by atoms with Crippen LogP contribution in [-0.4, -0.2) is 55.2 Å². The minimum Gasteiger partial charge on any atom is -0.489 e. The molecule has 1 aliphatic rings. The predicted molar refractivity (Wildman–Crippen MR) is 109 cm³/mol. The molecule has 1 atom stereocenters. The topological polar surface area (TPSA) is 106 Å². The van der Waals surface area contributed by atoms with Crippen molar-refractivity contribution in [1.29, 1.82) is 0 Å². The highest BCUT2D eigenvalue weighted by Crippen LogP contribution is 2.29. The van der Waals surface area contributed by atoms with Crippen molar-refractivity contribution < 1.29 is 23.4 Å². The Morgan fingerprint density at radius 1 is 1.26 bits per heavy atom. The lowest BCUT2D eigenvalue weighted by Crippen LogP contribution is -2.39. The number of carbonyl (C=O) groups is 1. The van der Waals surface area contributed by atoms with Gasteiger partial charge in [-0.2, -0.15) is 0 Å². The third kappa shape index (κ3) is 4.79. The van der Waals surface area contributed by atoms with Crippen molar-refractivity contribution in [2.75, 3.05) is 18.0 Å². The maximum atomic E-state index is 13.5. The number of anilines is 1. The SMILES string of the molecule is O=C(O)C(F)n1cc(-c2cnc(N3CCC(Oc4cc(F)ccc4Br)CC3)nc2)nn1. The van der Waals surface area contributed by atoms with Gasteiger partial charge in [-0.05, 0) is 28.1 Å². The van der Waals surface area contributed by atoms with Gasteiger partial charge in [-0.15, -0.1) is 5.10 Å². The first kappa shape index (κ1) is 21.1. The van der Waals surface area contributed by atoms with E-state index in [1.165, 1.54) is 30.7 Å². The molecule has 0 bridgehead atoms. The van der Waals surface area contributed by atoms with Gasteiger partial charge in [0.25, 0.3) is 6.30 Å². The number of nitrogens with zero attached hydrogens (tertiary/aromatic N) is 6. The van der Waals surface area contributed by atoms with Crippen molar-refractivity contribution in [1.82, 2.24) is 25.0 Å². The van der Waals surface area contributed by atoms with Crippen LogP contribution in [0.1, 0.15) is 19.1 Å². The van der Waals surface area contributed by atoms with Crippen LogP contribution >= 0.6 is 15.9 Å². The van der Waals surface area contributed by atoms with Gasteiger partial charge < -0.3 is 14.7 Å². The minimum absolute atomic E-state index is 0.0495. The first-order valence-corrected chi connectivity index (χ1v) is 10.2. The summed E-state index contributed by atoms with van der Waals surface area (Å²) in [6.07, 6.45) is 3.31. The number of benzene rings is 1. The molecule has 1 N–H and O–H groups in total. The number of piperidine rings is 1. The fourth-order valence-electron chi connectivity index (χ4n) is 3.17. The molecule has 31 heavy (non-hydrogen) atoms. The van der Waals surface area contributed by atoms with Gasteiger partial charge >= 0.3 is 5.97 Å². The molecule has 162 valence electrons. The summed E-state index contributed by atoms with van der Waals surface area (Å²) in [4.78, 5) is 21.4. The van der Waals surface area contributed by atoms with E-state index in [0.717, 1.165) is 12.8 Å². The summed E-state index contributed by atoms with van der Waals surface area (Å²) in [5, 5.41) is 15.9. The second kappa shape index (κ2) is 8.92. The lowest BCUT2D eigenvalue weighted by molar-refractivity contribution is -0.147. The van der Waals surface area contributed by atoms with Crippen LogP contribution in [0.4, 0.5) is 14.7 Å². The van der Waals surface area contributed by atoms with E-state index in [0.29, 0.717) is 39.5 Å². The smallest absolute Gasteiger partial charge is 0.361 e. The quantitative estimate of drug-likeness (QED) is 0.556. The lowest BCUT2D eigenvalue weighted by atomic mass is 10.1. The molecular weight excluding hydrogens is 478 g/mol. The summed E-state index contributed by atoms with van der Waals surface area (Å²) >= 11 is 3.37. The summed E-state index contributed by atoms with van der Waals surface area (Å²) in [5.74, 6) is -1.00. The summed E-state index contributed by atoms with van der Waals surface area (Å²) < 4.78 is 34.2. The Labute approximate surface area is 183 Å². The van der Waals surface area contributed by atoms with Crippen LogP contribution in [-0.2, 0) is 4.79 Å². The van der Waals surface area contributed by atoms with E-state index < -0.39 is 12.3 Å². The predicted octanol–water partition coefficient (Wildman–Crippen LogP) is 3.24. The number of hydrogen-bond donors (Lipinski definition) is 1. The molecule has 12 heteroatoms. The van der Waals surface area contributed by atoms with E-state index >= 15 is 0 Å². The van der Waals surface area contributed by atoms with Crippen LogP contribution in [0.3, 0.4) is 0 Å². The first-order valence-electron chi connectivity index (χ1n) is 9.38. The number of alkyl halides is 1. The number of aromatic nitrogens is 5. The van der Waals surface area contributed by atoms with Crippen LogP contribution in [0.5, 0.6) is 5.75 Å². The summed E-state index contributed by atoms with van der Waals surface area (Å²) in [7, 11) is 0. The maximum absolute atomic E-state index is 13.5. The van der Waals surface area contributed by atoms with E-state index in [-0.39, 0.29) is 17.6 Å². The van der Waals surface area contributed by atoms with Gasteiger partial charge in [-0.25, -0.2) is 28.2 Å². The van der Waals surface area contributed by atoms with Gasteiger partial charge in [0.05, 0.1) is 10.7 Å². The zero-order chi connectivity index (χ0) is 22.0. The Hall–Kier alpha value is -3.15. The Balaban J connectivity index is 1.36. The van der Waals surface area contributed by atoms with E-state index in [2.05, 4.69) is 36.2 Å². The molecule has 3 aromatic rings. The second-order valence-corrected chi connectivity index (χ2v) is 7.76. The van der Waals surface area contributed by atoms with Crippen LogP contribution in [0.15, 0.2) is 41.3 Å². The largest absolute Gasteiger partial charge is 0.489 e. The Morgan fingerprint density at radius 2 is 1.97 bits per heavy atom. The highest BCUT2D eigenvalue weighted by atomic mass is 79.9. The Bertz CT molecular complexity index is 1070. The van der Waals surface area contributed by atoms with Crippen LogP contribution in [0.25, 0.3) is 11.3 Å². The van der Waals surface area contributed by atoms with E-state index in [9.17, 15) is 13.6 Å². The van der Waals surface area contributed by atoms with Crippen molar-refractivity contribution in [3.05, 3.63) is 47.1 Å². The summed E-state index contributed by atoms with van der Waals surface area (Å²) in [6.45, 7) is 1.32. The molecule has 3 heterocycles. The van der Waals surface area contributed by atoms with Crippen molar-refractivity contribution in [3.63, 3.8) is 0 Å². The maximum Gasteiger partial charge on any atom is 0.361 e. The van der Waals surface area contributed by atoms with E-state index in [1.807, 2.05) is 4.90 Å². The van der Waals surface area contributed by atoms with Gasteiger partial charge in [0.15, 0.2) is 0 Å². The van der Waals surface area contributed by atoms with Crippen molar-refractivity contribution in [3.8, 4) is 17.0 Å². The van der Waals surface area contributed by atoms with Crippen molar-refractivity contribution in [2.45, 2.75) is 25.2 Å². The number of carboxylic acid groups (broad SMARTS) is 1. The molecule has 1 unspecified atom stereocenters. The molecular formula is C19H17BrF2N6O3. The van der Waals surface area contributed by atoms with Gasteiger partial charge in [0, 0.05) is 50.0 Å². The van der Waals surface area contributed by atoms with Crippen LogP contribution < -0.4 is 9.64 Å². The third-order valence-corrected chi connectivity index (χ3v) is 5.45. The molecule has 9 nitrogen and oxygen atoms in total. The molecule has 1 saturated heterocycles. The molecule has 2 aromatic heterocycles. The van der Waals surface area contributed by atoms with E-state index in [4.69, 9.17) is 9.84 Å². The third-order valence-electron chi connectivity index (χ3n) is 4.79. The zero-order valence-corrected chi connectivity index (χ0v) is 17.6. The lowest BCUT2D eigenvalue weighted by Gasteiger charge is -2.32. The molecule has 1 fully saturated rings. The molecule has 1 aliphatic heterocycles. The molecule has 0 saturated carbocycles. The van der Waals surface area contributed by atoms with Crippen molar-refractivity contribution >= 4 is 27.8 Å². The number of ether oxygens (including phenoxy) is 1. The fraction of sp³-hybridized carbons (Fsp3) is 0.316. The van der Waals surface area contributed by atoms with Gasteiger partial charge in [0.1, 0.15) is 23.4 Å². The zero-order valence-electron chi connectivity index (χ0n) is 16.0. The number of rotatable bonds is 6. The standard InChI is InChI=1S/C19H17BrF2N6O3/c20-14-2-1-12(21)7-16(14)31-13-3-5-27(6-4-13)19-23-8-11(9-24-19)15-10-28(26-25-15)17(22)18(29)30/h1-2,7-10,13,17H,3-6H2,(H,29,30). The van der Waals surface area contributed by atoms with E-state index in [1.54, 1.807) is 6.07 Å². The number of halogens is 3. The second-order valence-electron chi connectivity index (χ2n) is 6.91. The average Bonchev–Trinajstić information content (AvgIpc) is 3.26. The molecule has 0 aliphatic carbocycles. The summed E-state index contributed by atoms with van der Waals surface area (Å²) in [5.41, 5.74) is 0.755. The molecule has 0 radical (unpaired) electrons. The molecule has 4 rings (SSSR count). The highest BCUT2D eigenvalue weighted by molar-refractivity contribution is 9.10. The number of aliphatic carboxylic acids is 1. The highest BCUT2D eigenvalue weighted by Gasteiger charge is 2.24. The minimum atomic E-state index is -2.31. The number of hydrogen-bond acceptors (Lipinski definition) is 7. The van der Waals surface area contributed by atoms with Crippen molar-refractivity contribution in [2.24, 2.45) is 0 Å². The summed E-state index contributed by atoms with van der Waals surface area (Å²) in [6, 6.07) is 4.34. The van der Waals surface area contributed by atoms with Gasteiger partial charge in [-0.1, -0.05) is 5.21 Å². The van der Waals surface area contributed by atoms with Crippen LogP contribution in [0, 0.1) is 5.82 Å². The number of carboxylic acids is 1. The molecule has 1 aromatic carbocycles. The van der Waals surface area contributed by atoms with Crippen LogP contribution in [0.2, 0.25) is 0 Å². The molecule has 0 spiro atoms. The Kier molecular flexibility index (Phi) is 6.07. The van der Waals surface area contributed by atoms with Gasteiger partial charge in [0.2, 0.25) is 5.95 Å².